The number of hydrogen-bond donors (Lipinski definition) is 2. The Hall–Kier alpha value is -0.770. The first-order chi connectivity index (χ1) is 6.82. The molecule has 0 aromatic heterocycles. The molecule has 4 nitrogen and oxygen atoms in total. The Balaban J connectivity index is 4.10. The van der Waals surface area contributed by atoms with Crippen molar-refractivity contribution in [1.29, 1.82) is 0 Å². The lowest BCUT2D eigenvalue weighted by atomic mass is 10.0. The number of amides is 2. The second kappa shape index (κ2) is 6.67. The summed E-state index contributed by atoms with van der Waals surface area (Å²) in [5, 5.41) is 5.82. The molecule has 1 atom stereocenters. The van der Waals surface area contributed by atoms with Gasteiger partial charge in [0.2, 0.25) is 0 Å². The van der Waals surface area contributed by atoms with Gasteiger partial charge in [0.05, 0.1) is 0 Å². The van der Waals surface area contributed by atoms with E-state index >= 15 is 0 Å². The third-order valence-corrected chi connectivity index (χ3v) is 2.10. The van der Waals surface area contributed by atoms with Crippen molar-refractivity contribution >= 4 is 6.03 Å². The van der Waals surface area contributed by atoms with Gasteiger partial charge in [-0.1, -0.05) is 13.8 Å². The van der Waals surface area contributed by atoms with Crippen molar-refractivity contribution in [1.82, 2.24) is 15.5 Å². The van der Waals surface area contributed by atoms with Crippen LogP contribution in [0.25, 0.3) is 0 Å². The van der Waals surface area contributed by atoms with Gasteiger partial charge in [-0.2, -0.15) is 0 Å². The van der Waals surface area contributed by atoms with E-state index < -0.39 is 0 Å². The summed E-state index contributed by atoms with van der Waals surface area (Å²) in [6.07, 6.45) is 0. The minimum atomic E-state index is -0.0782. The summed E-state index contributed by atoms with van der Waals surface area (Å²) >= 11 is 0. The molecule has 15 heavy (non-hydrogen) atoms. The molecule has 0 aliphatic heterocycles. The molecule has 0 radical (unpaired) electrons. The number of nitrogens with zero attached hydrogens (tertiary/aromatic N) is 1. The predicted molar refractivity (Wildman–Crippen MR) is 64.0 cm³/mol. The molecule has 0 aliphatic rings. The molecule has 0 heterocycles. The van der Waals surface area contributed by atoms with Gasteiger partial charge >= 0.3 is 6.03 Å². The first-order valence-electron chi connectivity index (χ1n) is 5.54. The molecule has 0 aromatic carbocycles. The average Bonchev–Trinajstić information content (AvgIpc) is 1.99. The van der Waals surface area contributed by atoms with Crippen molar-refractivity contribution < 1.29 is 4.79 Å². The minimum absolute atomic E-state index is 0.0782. The van der Waals surface area contributed by atoms with Crippen LogP contribution in [0.5, 0.6) is 0 Å². The monoisotopic (exact) mass is 215 g/mol. The Morgan fingerprint density at radius 1 is 1.13 bits per heavy atom. The van der Waals surface area contributed by atoms with Crippen LogP contribution in [-0.2, 0) is 0 Å². The van der Waals surface area contributed by atoms with Crippen molar-refractivity contribution in [2.75, 3.05) is 20.6 Å². The summed E-state index contributed by atoms with van der Waals surface area (Å²) in [6.45, 7) is 9.00. The molecular formula is C11H25N3O. The molecule has 4 heteroatoms. The molecule has 0 rings (SSSR count). The van der Waals surface area contributed by atoms with Crippen LogP contribution >= 0.6 is 0 Å². The van der Waals surface area contributed by atoms with Crippen molar-refractivity contribution in [3.05, 3.63) is 0 Å². The highest BCUT2D eigenvalue weighted by atomic mass is 16.2. The zero-order chi connectivity index (χ0) is 12.0. The second-order valence-electron chi connectivity index (χ2n) is 4.89. The molecule has 0 aromatic rings. The third-order valence-electron chi connectivity index (χ3n) is 2.10. The van der Waals surface area contributed by atoms with E-state index in [0.29, 0.717) is 5.92 Å². The molecule has 0 aliphatic carbocycles. The average molecular weight is 215 g/mol. The van der Waals surface area contributed by atoms with Gasteiger partial charge in [0.1, 0.15) is 0 Å². The van der Waals surface area contributed by atoms with Crippen LogP contribution in [0.2, 0.25) is 0 Å². The smallest absolute Gasteiger partial charge is 0.315 e. The highest BCUT2D eigenvalue weighted by Crippen LogP contribution is 2.02. The highest BCUT2D eigenvalue weighted by molar-refractivity contribution is 5.74. The fourth-order valence-electron chi connectivity index (χ4n) is 1.29. The summed E-state index contributed by atoms with van der Waals surface area (Å²) < 4.78 is 0. The van der Waals surface area contributed by atoms with Gasteiger partial charge in [0, 0.05) is 18.6 Å². The standard InChI is InChI=1S/C11H25N3O/c1-8(2)10(7-14(5)6)13-11(15)12-9(3)4/h8-10H,7H2,1-6H3,(H2,12,13,15). The molecule has 0 fully saturated rings. The molecular weight excluding hydrogens is 190 g/mol. The van der Waals surface area contributed by atoms with Crippen LogP contribution in [0, 0.1) is 5.92 Å². The molecule has 0 bridgehead atoms. The summed E-state index contributed by atoms with van der Waals surface area (Å²) in [5.41, 5.74) is 0. The summed E-state index contributed by atoms with van der Waals surface area (Å²) in [7, 11) is 4.02. The zero-order valence-electron chi connectivity index (χ0n) is 10.8. The Labute approximate surface area is 93.4 Å². The van der Waals surface area contributed by atoms with Crippen LogP contribution in [0.4, 0.5) is 4.79 Å². The van der Waals surface area contributed by atoms with Crippen LogP contribution in [0.3, 0.4) is 0 Å². The summed E-state index contributed by atoms with van der Waals surface area (Å²) in [4.78, 5) is 13.6. The fourth-order valence-corrected chi connectivity index (χ4v) is 1.29. The van der Waals surface area contributed by atoms with Gasteiger partial charge in [-0.3, -0.25) is 0 Å². The normalized spacial score (nSPS) is 13.4. The molecule has 0 spiro atoms. The Bertz CT molecular complexity index is 190. The van der Waals surface area contributed by atoms with Crippen molar-refractivity contribution in [3.63, 3.8) is 0 Å². The molecule has 1 unspecified atom stereocenters. The van der Waals surface area contributed by atoms with Gasteiger partial charge in [-0.25, -0.2) is 4.79 Å². The van der Waals surface area contributed by atoms with Crippen LogP contribution in [-0.4, -0.2) is 43.7 Å². The second-order valence-corrected chi connectivity index (χ2v) is 4.89. The predicted octanol–water partition coefficient (Wildman–Crippen LogP) is 1.28. The lowest BCUT2D eigenvalue weighted by Crippen LogP contribution is -2.50. The Kier molecular flexibility index (Phi) is 6.32. The maximum atomic E-state index is 11.5. The number of likely N-dealkylation sites (N-methyl/N-ethyl adjacent to an activating group) is 1. The zero-order valence-corrected chi connectivity index (χ0v) is 10.8. The van der Waals surface area contributed by atoms with Gasteiger partial charge in [-0.15, -0.1) is 0 Å². The third kappa shape index (κ3) is 7.19. The molecule has 2 N–H and O–H groups in total. The topological polar surface area (TPSA) is 44.4 Å². The maximum absolute atomic E-state index is 11.5. The van der Waals surface area contributed by atoms with E-state index in [1.54, 1.807) is 0 Å². The number of carbonyl (C=O) groups excluding carboxylic acids is 1. The number of urea groups is 1. The number of rotatable bonds is 5. The minimum Gasteiger partial charge on any atom is -0.336 e. The van der Waals surface area contributed by atoms with E-state index in [1.165, 1.54) is 0 Å². The molecule has 0 saturated carbocycles. The molecule has 2 amide bonds. The molecule has 0 saturated heterocycles. The van der Waals surface area contributed by atoms with E-state index in [4.69, 9.17) is 0 Å². The van der Waals surface area contributed by atoms with Gasteiger partial charge in [-0.05, 0) is 33.9 Å². The number of hydrogen-bond acceptors (Lipinski definition) is 2. The van der Waals surface area contributed by atoms with E-state index in [0.717, 1.165) is 6.54 Å². The number of carbonyl (C=O) groups is 1. The molecule has 90 valence electrons. The van der Waals surface area contributed by atoms with Gasteiger partial charge < -0.3 is 15.5 Å². The largest absolute Gasteiger partial charge is 0.336 e. The van der Waals surface area contributed by atoms with Crippen LogP contribution in [0.1, 0.15) is 27.7 Å². The highest BCUT2D eigenvalue weighted by Gasteiger charge is 2.16. The lowest BCUT2D eigenvalue weighted by molar-refractivity contribution is 0.223. The maximum Gasteiger partial charge on any atom is 0.315 e. The van der Waals surface area contributed by atoms with Crippen molar-refractivity contribution in [2.24, 2.45) is 5.92 Å². The van der Waals surface area contributed by atoms with Gasteiger partial charge in [0.25, 0.3) is 0 Å². The number of nitrogens with one attached hydrogen (secondary N) is 2. The van der Waals surface area contributed by atoms with Crippen molar-refractivity contribution in [3.8, 4) is 0 Å². The first kappa shape index (κ1) is 14.2. The first-order valence-corrected chi connectivity index (χ1v) is 5.54. The quantitative estimate of drug-likeness (QED) is 0.725. The van der Waals surface area contributed by atoms with Crippen LogP contribution < -0.4 is 10.6 Å². The van der Waals surface area contributed by atoms with E-state index in [1.807, 2.05) is 27.9 Å². The lowest BCUT2D eigenvalue weighted by Gasteiger charge is -2.26. The van der Waals surface area contributed by atoms with Crippen molar-refractivity contribution in [2.45, 2.75) is 39.8 Å². The Morgan fingerprint density at radius 3 is 2.00 bits per heavy atom. The SMILES string of the molecule is CC(C)NC(=O)NC(CN(C)C)C(C)C. The summed E-state index contributed by atoms with van der Waals surface area (Å²) in [5.74, 6) is 0.435. The van der Waals surface area contributed by atoms with E-state index in [-0.39, 0.29) is 18.1 Å². The Morgan fingerprint density at radius 2 is 1.67 bits per heavy atom. The van der Waals surface area contributed by atoms with Gasteiger partial charge in [0.15, 0.2) is 0 Å². The van der Waals surface area contributed by atoms with E-state index in [9.17, 15) is 4.79 Å². The van der Waals surface area contributed by atoms with Crippen LogP contribution in [0.15, 0.2) is 0 Å². The summed E-state index contributed by atoms with van der Waals surface area (Å²) in [6, 6.07) is 0.293. The fraction of sp³-hybridized carbons (Fsp3) is 0.909. The van der Waals surface area contributed by atoms with E-state index in [2.05, 4.69) is 29.4 Å².